The molecule has 0 saturated heterocycles. The lowest BCUT2D eigenvalue weighted by atomic mass is 9.97. The van der Waals surface area contributed by atoms with E-state index in [2.05, 4.69) is 60.4 Å². The fraction of sp³-hybridized carbons (Fsp3) is 0.185. The molecule has 0 atom stereocenters. The van der Waals surface area contributed by atoms with E-state index in [-0.39, 0.29) is 5.91 Å². The van der Waals surface area contributed by atoms with Gasteiger partial charge in [0.15, 0.2) is 11.7 Å². The first kappa shape index (κ1) is 19.3. The van der Waals surface area contributed by atoms with E-state index in [4.69, 9.17) is 4.42 Å². The summed E-state index contributed by atoms with van der Waals surface area (Å²) in [6, 6.07) is 24.8. The van der Waals surface area contributed by atoms with Crippen LogP contribution in [0.1, 0.15) is 29.0 Å². The van der Waals surface area contributed by atoms with Gasteiger partial charge in [0.2, 0.25) is 5.91 Å². The number of nitrogens with zero attached hydrogens (tertiary/aromatic N) is 2. The fourth-order valence-electron chi connectivity index (χ4n) is 4.13. The maximum absolute atomic E-state index is 13.1. The second-order valence-electron chi connectivity index (χ2n) is 8.05. The molecule has 0 fully saturated rings. The van der Waals surface area contributed by atoms with Crippen molar-refractivity contribution in [3.05, 3.63) is 102 Å². The van der Waals surface area contributed by atoms with Crippen LogP contribution in [0, 0.1) is 6.92 Å². The molecule has 0 spiro atoms. The molecule has 5 rings (SSSR count). The summed E-state index contributed by atoms with van der Waals surface area (Å²) in [6.45, 7) is 3.29. The third-order valence-electron chi connectivity index (χ3n) is 5.84. The van der Waals surface area contributed by atoms with Crippen molar-refractivity contribution in [2.45, 2.75) is 32.9 Å². The average Bonchev–Trinajstić information content (AvgIpc) is 3.20. The third kappa shape index (κ3) is 4.02. The molecule has 2 heterocycles. The number of benzene rings is 3. The molecule has 4 heteroatoms. The maximum atomic E-state index is 13.1. The zero-order valence-corrected chi connectivity index (χ0v) is 17.5. The lowest BCUT2D eigenvalue weighted by molar-refractivity contribution is -0.132. The molecule has 4 nitrogen and oxygen atoms in total. The van der Waals surface area contributed by atoms with Crippen molar-refractivity contribution in [2.75, 3.05) is 0 Å². The summed E-state index contributed by atoms with van der Waals surface area (Å²) < 4.78 is 5.90. The Morgan fingerprint density at radius 2 is 1.52 bits per heavy atom. The van der Waals surface area contributed by atoms with Gasteiger partial charge in [-0.2, -0.15) is 0 Å². The number of carbonyl (C=O) groups excluding carboxylic acids is 1. The molecule has 1 aromatic heterocycles. The van der Waals surface area contributed by atoms with Crippen LogP contribution in [0.4, 0.5) is 0 Å². The number of oxazole rings is 1. The van der Waals surface area contributed by atoms with E-state index >= 15 is 0 Å². The van der Waals surface area contributed by atoms with Crippen molar-refractivity contribution in [1.29, 1.82) is 0 Å². The maximum Gasteiger partial charge on any atom is 0.223 e. The van der Waals surface area contributed by atoms with Crippen LogP contribution in [-0.4, -0.2) is 15.8 Å². The number of hydrogen-bond acceptors (Lipinski definition) is 3. The molecule has 0 N–H and O–H groups in total. The van der Waals surface area contributed by atoms with Gasteiger partial charge in [0.05, 0.1) is 6.20 Å². The fourth-order valence-corrected chi connectivity index (χ4v) is 4.13. The highest BCUT2D eigenvalue weighted by atomic mass is 16.4. The minimum atomic E-state index is 0.113. The first-order valence-electron chi connectivity index (χ1n) is 10.6. The number of aryl methyl sites for hydroxylation is 2. The number of hydrogen-bond donors (Lipinski definition) is 0. The summed E-state index contributed by atoms with van der Waals surface area (Å²) in [6.07, 6.45) is 2.60. The summed E-state index contributed by atoms with van der Waals surface area (Å²) >= 11 is 0. The Morgan fingerprint density at radius 3 is 2.16 bits per heavy atom. The Morgan fingerprint density at radius 1 is 0.903 bits per heavy atom. The van der Waals surface area contributed by atoms with E-state index in [0.717, 1.165) is 11.3 Å². The predicted octanol–water partition coefficient (Wildman–Crippen LogP) is 5.79. The van der Waals surface area contributed by atoms with E-state index < -0.39 is 0 Å². The highest BCUT2D eigenvalue weighted by Crippen LogP contribution is 2.32. The Kier molecular flexibility index (Phi) is 5.13. The van der Waals surface area contributed by atoms with Gasteiger partial charge in [-0.15, -0.1) is 0 Å². The highest BCUT2D eigenvalue weighted by Gasteiger charge is 2.22. The first-order chi connectivity index (χ1) is 15.2. The second kappa shape index (κ2) is 8.23. The molecule has 0 radical (unpaired) electrons. The smallest absolute Gasteiger partial charge is 0.223 e. The SMILES string of the molecule is Cc1ccc(-c2cnc(CCC(=O)N3Cc4ccccc4-c4ccccc4C3)o2)cc1. The summed E-state index contributed by atoms with van der Waals surface area (Å²) in [7, 11) is 0. The minimum absolute atomic E-state index is 0.113. The topological polar surface area (TPSA) is 46.3 Å². The first-order valence-corrected chi connectivity index (χ1v) is 10.6. The zero-order valence-electron chi connectivity index (χ0n) is 17.5. The summed E-state index contributed by atoms with van der Waals surface area (Å²) in [4.78, 5) is 19.4. The zero-order chi connectivity index (χ0) is 21.2. The molecule has 3 aromatic carbocycles. The van der Waals surface area contributed by atoms with Crippen LogP contribution in [0.3, 0.4) is 0 Å². The molecule has 1 aliphatic rings. The largest absolute Gasteiger partial charge is 0.441 e. The average molecular weight is 409 g/mol. The molecule has 0 bridgehead atoms. The lowest BCUT2D eigenvalue weighted by Gasteiger charge is -2.21. The molecule has 154 valence electrons. The van der Waals surface area contributed by atoms with Gasteiger partial charge in [-0.05, 0) is 29.2 Å². The number of amides is 1. The predicted molar refractivity (Wildman–Crippen MR) is 121 cm³/mol. The van der Waals surface area contributed by atoms with Gasteiger partial charge >= 0.3 is 0 Å². The van der Waals surface area contributed by atoms with Crippen LogP contribution < -0.4 is 0 Å². The van der Waals surface area contributed by atoms with E-state index in [0.29, 0.717) is 31.8 Å². The minimum Gasteiger partial charge on any atom is -0.441 e. The molecular formula is C27H24N2O2. The molecule has 0 saturated carbocycles. The van der Waals surface area contributed by atoms with Crippen LogP contribution in [0.25, 0.3) is 22.5 Å². The van der Waals surface area contributed by atoms with Gasteiger partial charge in [0, 0.05) is 31.5 Å². The summed E-state index contributed by atoms with van der Waals surface area (Å²) in [5.41, 5.74) is 6.98. The molecule has 0 aliphatic carbocycles. The van der Waals surface area contributed by atoms with Gasteiger partial charge < -0.3 is 9.32 Å². The normalized spacial score (nSPS) is 12.7. The van der Waals surface area contributed by atoms with Crippen molar-refractivity contribution in [3.63, 3.8) is 0 Å². The highest BCUT2D eigenvalue weighted by molar-refractivity contribution is 5.79. The molecular weight excluding hydrogens is 384 g/mol. The lowest BCUT2D eigenvalue weighted by Crippen LogP contribution is -2.29. The molecule has 1 aliphatic heterocycles. The van der Waals surface area contributed by atoms with E-state index in [1.165, 1.54) is 27.8 Å². The Bertz CT molecular complexity index is 1180. The standard InChI is InChI=1S/C27H24N2O2/c1-19-10-12-20(13-11-19)25-16-28-26(31-25)14-15-27(30)29-17-21-6-2-4-8-23(21)24-9-5-3-7-22(24)18-29/h2-13,16H,14-15,17-18H2,1H3. The Hall–Kier alpha value is -3.66. The van der Waals surface area contributed by atoms with E-state index in [9.17, 15) is 4.79 Å². The monoisotopic (exact) mass is 408 g/mol. The second-order valence-corrected chi connectivity index (χ2v) is 8.05. The van der Waals surface area contributed by atoms with Crippen molar-refractivity contribution in [1.82, 2.24) is 9.88 Å². The van der Waals surface area contributed by atoms with Gasteiger partial charge in [-0.3, -0.25) is 4.79 Å². The quantitative estimate of drug-likeness (QED) is 0.429. The third-order valence-corrected chi connectivity index (χ3v) is 5.84. The molecule has 0 unspecified atom stereocenters. The van der Waals surface area contributed by atoms with Crippen molar-refractivity contribution in [2.24, 2.45) is 0 Å². The van der Waals surface area contributed by atoms with E-state index in [1.807, 2.05) is 29.2 Å². The van der Waals surface area contributed by atoms with Crippen molar-refractivity contribution < 1.29 is 9.21 Å². The van der Waals surface area contributed by atoms with Crippen LogP contribution in [-0.2, 0) is 24.3 Å². The van der Waals surface area contributed by atoms with Crippen LogP contribution >= 0.6 is 0 Å². The Balaban J connectivity index is 1.31. The van der Waals surface area contributed by atoms with Gasteiger partial charge in [-0.1, -0.05) is 78.4 Å². The van der Waals surface area contributed by atoms with Gasteiger partial charge in [0.1, 0.15) is 0 Å². The van der Waals surface area contributed by atoms with Crippen LogP contribution in [0.2, 0.25) is 0 Å². The van der Waals surface area contributed by atoms with Crippen molar-refractivity contribution >= 4 is 5.91 Å². The van der Waals surface area contributed by atoms with Crippen molar-refractivity contribution in [3.8, 4) is 22.5 Å². The summed E-state index contributed by atoms with van der Waals surface area (Å²) in [5, 5.41) is 0. The molecule has 31 heavy (non-hydrogen) atoms. The number of rotatable bonds is 4. The van der Waals surface area contributed by atoms with Gasteiger partial charge in [0.25, 0.3) is 0 Å². The molecule has 1 amide bonds. The number of fused-ring (bicyclic) bond motifs is 3. The van der Waals surface area contributed by atoms with Crippen LogP contribution in [0.15, 0.2) is 83.4 Å². The van der Waals surface area contributed by atoms with E-state index in [1.54, 1.807) is 6.20 Å². The Labute approximate surface area is 182 Å². The molecule has 4 aromatic rings. The summed E-state index contributed by atoms with van der Waals surface area (Å²) in [5.74, 6) is 1.45. The number of carbonyl (C=O) groups is 1. The van der Waals surface area contributed by atoms with Gasteiger partial charge in [-0.25, -0.2) is 4.98 Å². The van der Waals surface area contributed by atoms with Crippen LogP contribution in [0.5, 0.6) is 0 Å². The number of aromatic nitrogens is 1.